The minimum atomic E-state index is 0.353. The van der Waals surface area contributed by atoms with Gasteiger partial charge in [0, 0.05) is 19.6 Å². The number of hydrogen-bond donors (Lipinski definition) is 1. The van der Waals surface area contributed by atoms with Crippen molar-refractivity contribution in [2.24, 2.45) is 5.92 Å². The van der Waals surface area contributed by atoms with Gasteiger partial charge in [-0.2, -0.15) is 0 Å². The first-order valence-electron chi connectivity index (χ1n) is 4.93. The van der Waals surface area contributed by atoms with Crippen molar-refractivity contribution in [3.05, 3.63) is 0 Å². The van der Waals surface area contributed by atoms with E-state index in [2.05, 4.69) is 17.2 Å². The maximum absolute atomic E-state index is 5.49. The number of ether oxygens (including phenoxy) is 1. The lowest BCUT2D eigenvalue weighted by molar-refractivity contribution is 0.0548. The summed E-state index contributed by atoms with van der Waals surface area (Å²) in [4.78, 5) is 0. The van der Waals surface area contributed by atoms with Crippen molar-refractivity contribution < 1.29 is 4.74 Å². The second kappa shape index (κ2) is 5.26. The lowest BCUT2D eigenvalue weighted by Gasteiger charge is -2.23. The largest absolute Gasteiger partial charge is 0.380 e. The van der Waals surface area contributed by atoms with Crippen LogP contribution in [-0.4, -0.2) is 26.3 Å². The van der Waals surface area contributed by atoms with Crippen LogP contribution in [-0.2, 0) is 4.74 Å². The van der Waals surface area contributed by atoms with Gasteiger partial charge in [-0.05, 0) is 32.7 Å². The number of nitrogens with one attached hydrogen (secondary N) is 1. The summed E-state index contributed by atoms with van der Waals surface area (Å²) < 4.78 is 5.49. The van der Waals surface area contributed by atoms with E-state index in [0.29, 0.717) is 12.1 Å². The fourth-order valence-electron chi connectivity index (χ4n) is 1.70. The molecule has 0 aromatic carbocycles. The van der Waals surface area contributed by atoms with Crippen LogP contribution in [0.5, 0.6) is 0 Å². The normalized spacial score (nSPS) is 20.2. The maximum Gasteiger partial charge on any atom is 0.0761 e. The molecule has 0 amide bonds. The first-order valence-corrected chi connectivity index (χ1v) is 4.93. The summed E-state index contributed by atoms with van der Waals surface area (Å²) in [5, 5.41) is 3.28. The van der Waals surface area contributed by atoms with Crippen molar-refractivity contribution in [3.63, 3.8) is 0 Å². The van der Waals surface area contributed by atoms with Crippen LogP contribution in [0.3, 0.4) is 0 Å². The molecule has 0 radical (unpaired) electrons. The van der Waals surface area contributed by atoms with Crippen molar-refractivity contribution in [2.45, 2.75) is 38.3 Å². The summed E-state index contributed by atoms with van der Waals surface area (Å²) in [5.41, 5.74) is 0. The molecule has 0 aliphatic heterocycles. The van der Waals surface area contributed by atoms with Crippen LogP contribution in [0.2, 0.25) is 0 Å². The molecule has 13 heavy (non-hydrogen) atoms. The first-order chi connectivity index (χ1) is 6.33. The molecule has 74 valence electrons. The monoisotopic (exact) mass is 181 g/mol. The molecule has 1 N–H and O–H groups in total. The molecule has 0 heterocycles. The highest BCUT2D eigenvalue weighted by Crippen LogP contribution is 2.35. The van der Waals surface area contributed by atoms with Crippen LogP contribution in [0.1, 0.15) is 26.2 Å². The molecule has 0 spiro atoms. The highest BCUT2D eigenvalue weighted by atomic mass is 16.5. The Kier molecular flexibility index (Phi) is 4.27. The Balaban J connectivity index is 2.44. The lowest BCUT2D eigenvalue weighted by Crippen LogP contribution is -2.39. The molecular formula is C11H19NO. The van der Waals surface area contributed by atoms with E-state index in [1.54, 1.807) is 7.11 Å². The molecule has 1 aliphatic carbocycles. The van der Waals surface area contributed by atoms with Crippen LogP contribution >= 0.6 is 0 Å². The molecule has 2 nitrogen and oxygen atoms in total. The SMILES string of the molecule is CC#CCC(NC)C(OC)C1CC1. The van der Waals surface area contributed by atoms with Gasteiger partial charge in [0.2, 0.25) is 0 Å². The van der Waals surface area contributed by atoms with Crippen molar-refractivity contribution in [2.75, 3.05) is 14.2 Å². The van der Waals surface area contributed by atoms with E-state index in [0.717, 1.165) is 12.3 Å². The average molecular weight is 181 g/mol. The zero-order valence-electron chi connectivity index (χ0n) is 8.76. The van der Waals surface area contributed by atoms with E-state index in [1.165, 1.54) is 12.8 Å². The van der Waals surface area contributed by atoms with E-state index >= 15 is 0 Å². The molecule has 0 saturated heterocycles. The Morgan fingerprint density at radius 3 is 2.62 bits per heavy atom. The molecule has 0 aromatic heterocycles. The van der Waals surface area contributed by atoms with Crippen LogP contribution in [0, 0.1) is 17.8 Å². The van der Waals surface area contributed by atoms with Gasteiger partial charge in [-0.25, -0.2) is 0 Å². The van der Waals surface area contributed by atoms with Gasteiger partial charge >= 0.3 is 0 Å². The van der Waals surface area contributed by atoms with E-state index in [9.17, 15) is 0 Å². The minimum Gasteiger partial charge on any atom is -0.380 e. The summed E-state index contributed by atoms with van der Waals surface area (Å²) in [6, 6.07) is 0.393. The third-order valence-corrected chi connectivity index (χ3v) is 2.62. The second-order valence-electron chi connectivity index (χ2n) is 3.56. The summed E-state index contributed by atoms with van der Waals surface area (Å²) in [6.45, 7) is 1.88. The Hall–Kier alpha value is -0.520. The summed E-state index contributed by atoms with van der Waals surface area (Å²) in [6.07, 6.45) is 3.87. The van der Waals surface area contributed by atoms with Gasteiger partial charge in [0.15, 0.2) is 0 Å². The Bertz CT molecular complexity index is 200. The van der Waals surface area contributed by atoms with Gasteiger partial charge < -0.3 is 10.1 Å². The standard InChI is InChI=1S/C11H19NO/c1-4-5-6-10(12-2)11(13-3)9-7-8-9/h9-12H,6-8H2,1-3H3. The topological polar surface area (TPSA) is 21.3 Å². The fourth-order valence-corrected chi connectivity index (χ4v) is 1.70. The van der Waals surface area contributed by atoms with E-state index in [4.69, 9.17) is 4.74 Å². The summed E-state index contributed by atoms with van der Waals surface area (Å²) in [5.74, 6) is 6.79. The summed E-state index contributed by atoms with van der Waals surface area (Å²) in [7, 11) is 3.78. The number of methoxy groups -OCH3 is 1. The maximum atomic E-state index is 5.49. The van der Waals surface area contributed by atoms with Crippen molar-refractivity contribution in [3.8, 4) is 11.8 Å². The fraction of sp³-hybridized carbons (Fsp3) is 0.818. The molecule has 2 unspecified atom stereocenters. The lowest BCUT2D eigenvalue weighted by atomic mass is 10.0. The van der Waals surface area contributed by atoms with Crippen LogP contribution in [0.4, 0.5) is 0 Å². The molecule has 1 fully saturated rings. The van der Waals surface area contributed by atoms with Crippen LogP contribution in [0.15, 0.2) is 0 Å². The highest BCUT2D eigenvalue weighted by molar-refractivity contribution is 5.01. The molecule has 1 saturated carbocycles. The Labute approximate surface area is 81.0 Å². The average Bonchev–Trinajstić information content (AvgIpc) is 2.95. The van der Waals surface area contributed by atoms with Gasteiger partial charge in [-0.1, -0.05) is 0 Å². The molecule has 2 atom stereocenters. The Morgan fingerprint density at radius 1 is 1.54 bits per heavy atom. The quantitative estimate of drug-likeness (QED) is 0.648. The van der Waals surface area contributed by atoms with Crippen molar-refractivity contribution in [1.29, 1.82) is 0 Å². The van der Waals surface area contributed by atoms with Crippen molar-refractivity contribution in [1.82, 2.24) is 5.32 Å². The third kappa shape index (κ3) is 3.02. The van der Waals surface area contributed by atoms with Crippen LogP contribution in [0.25, 0.3) is 0 Å². The molecule has 0 aromatic rings. The van der Waals surface area contributed by atoms with Gasteiger partial charge in [0.25, 0.3) is 0 Å². The summed E-state index contributed by atoms with van der Waals surface area (Å²) >= 11 is 0. The molecule has 1 aliphatic rings. The predicted molar refractivity (Wildman–Crippen MR) is 54.4 cm³/mol. The molecular weight excluding hydrogens is 162 g/mol. The number of hydrogen-bond acceptors (Lipinski definition) is 2. The van der Waals surface area contributed by atoms with Crippen LogP contribution < -0.4 is 5.32 Å². The predicted octanol–water partition coefficient (Wildman–Crippen LogP) is 1.41. The van der Waals surface area contributed by atoms with Gasteiger partial charge in [0.1, 0.15) is 0 Å². The van der Waals surface area contributed by atoms with E-state index < -0.39 is 0 Å². The highest BCUT2D eigenvalue weighted by Gasteiger charge is 2.35. The Morgan fingerprint density at radius 2 is 2.23 bits per heavy atom. The first kappa shape index (κ1) is 10.6. The third-order valence-electron chi connectivity index (χ3n) is 2.62. The zero-order chi connectivity index (χ0) is 9.68. The number of likely N-dealkylation sites (N-methyl/N-ethyl adjacent to an activating group) is 1. The second-order valence-corrected chi connectivity index (χ2v) is 3.56. The van der Waals surface area contributed by atoms with E-state index in [1.807, 2.05) is 14.0 Å². The van der Waals surface area contributed by atoms with Gasteiger partial charge in [-0.15, -0.1) is 11.8 Å². The van der Waals surface area contributed by atoms with Gasteiger partial charge in [-0.3, -0.25) is 0 Å². The zero-order valence-corrected chi connectivity index (χ0v) is 8.76. The van der Waals surface area contributed by atoms with Gasteiger partial charge in [0.05, 0.1) is 6.10 Å². The minimum absolute atomic E-state index is 0.353. The van der Waals surface area contributed by atoms with E-state index in [-0.39, 0.29) is 0 Å². The molecule has 0 bridgehead atoms. The molecule has 1 rings (SSSR count). The smallest absolute Gasteiger partial charge is 0.0761 e. The van der Waals surface area contributed by atoms with Crippen molar-refractivity contribution >= 4 is 0 Å². The number of rotatable bonds is 5. The molecule has 2 heteroatoms.